The number of benzene rings is 1. The van der Waals surface area contributed by atoms with Crippen LogP contribution in [-0.4, -0.2) is 51.6 Å². The third kappa shape index (κ3) is 7.89. The maximum absolute atomic E-state index is 13.9. The first-order chi connectivity index (χ1) is 18.5. The minimum Gasteiger partial charge on any atom is -0.464 e. The molecule has 0 aliphatic carbocycles. The molecule has 1 aliphatic rings. The van der Waals surface area contributed by atoms with Crippen molar-refractivity contribution in [3.63, 3.8) is 0 Å². The molecule has 2 aromatic rings. The van der Waals surface area contributed by atoms with E-state index in [2.05, 4.69) is 10.1 Å². The number of aromatic nitrogens is 2. The van der Waals surface area contributed by atoms with Crippen LogP contribution in [0.3, 0.4) is 0 Å². The Morgan fingerprint density at radius 2 is 1.97 bits per heavy atom. The number of anilines is 1. The van der Waals surface area contributed by atoms with Crippen LogP contribution in [0.4, 0.5) is 5.82 Å². The first-order valence-corrected chi connectivity index (χ1v) is 14.7. The van der Waals surface area contributed by atoms with Crippen molar-refractivity contribution in [3.05, 3.63) is 53.1 Å². The molecule has 0 spiro atoms. The van der Waals surface area contributed by atoms with Gasteiger partial charge < -0.3 is 24.8 Å². The van der Waals surface area contributed by atoms with Gasteiger partial charge in [0.1, 0.15) is 29.4 Å². The van der Waals surface area contributed by atoms with E-state index in [0.717, 1.165) is 12.8 Å². The van der Waals surface area contributed by atoms with Gasteiger partial charge in [-0.3, -0.25) is 13.9 Å². The molecule has 5 atom stereocenters. The summed E-state index contributed by atoms with van der Waals surface area (Å²) >= 11 is 0. The van der Waals surface area contributed by atoms with Gasteiger partial charge in [-0.05, 0) is 37.5 Å². The molecule has 1 aliphatic heterocycles. The van der Waals surface area contributed by atoms with Gasteiger partial charge in [-0.15, -0.1) is 0 Å². The number of para-hydroxylation sites is 1. The van der Waals surface area contributed by atoms with E-state index in [1.807, 2.05) is 13.8 Å². The van der Waals surface area contributed by atoms with Gasteiger partial charge in [-0.25, -0.2) is 9.36 Å². The molecule has 1 aromatic heterocycles. The first-order valence-electron chi connectivity index (χ1n) is 13.2. The summed E-state index contributed by atoms with van der Waals surface area (Å²) in [6, 6.07) is 8.80. The lowest BCUT2D eigenvalue weighted by Gasteiger charge is -2.32. The quantitative estimate of drug-likeness (QED) is 0.227. The minimum atomic E-state index is -4.19. The van der Waals surface area contributed by atoms with Crippen LogP contribution in [-0.2, 0) is 23.4 Å². The van der Waals surface area contributed by atoms with Crippen molar-refractivity contribution in [1.29, 1.82) is 0 Å². The van der Waals surface area contributed by atoms with Gasteiger partial charge in [-0.2, -0.15) is 10.1 Å². The lowest BCUT2D eigenvalue weighted by molar-refractivity contribution is -0.146. The number of nitrogen functional groups attached to an aromatic ring is 1. The summed E-state index contributed by atoms with van der Waals surface area (Å²) < 4.78 is 38.2. The number of nitrogens with one attached hydrogen (secondary N) is 1. The van der Waals surface area contributed by atoms with Gasteiger partial charge in [0.25, 0.3) is 0 Å². The molecule has 0 saturated carbocycles. The molecule has 2 heterocycles. The molecule has 0 bridgehead atoms. The highest BCUT2D eigenvalue weighted by atomic mass is 31.2. The Morgan fingerprint density at radius 1 is 1.28 bits per heavy atom. The molecular weight excluding hydrogens is 527 g/mol. The van der Waals surface area contributed by atoms with Crippen molar-refractivity contribution < 1.29 is 33.0 Å². The number of nitrogens with two attached hydrogens (primary N) is 1. The van der Waals surface area contributed by atoms with Crippen molar-refractivity contribution >= 4 is 19.5 Å². The fourth-order valence-electron chi connectivity index (χ4n) is 4.21. The second kappa shape index (κ2) is 13.5. The van der Waals surface area contributed by atoms with Crippen LogP contribution in [0.1, 0.15) is 59.6 Å². The van der Waals surface area contributed by atoms with E-state index >= 15 is 0 Å². The van der Waals surface area contributed by atoms with E-state index < -0.39 is 43.4 Å². The minimum absolute atomic E-state index is 0.0671. The Balaban J connectivity index is 1.77. The zero-order valence-electron chi connectivity index (χ0n) is 22.8. The molecule has 12 nitrogen and oxygen atoms in total. The van der Waals surface area contributed by atoms with Crippen LogP contribution in [0.2, 0.25) is 0 Å². The maximum atomic E-state index is 13.9. The van der Waals surface area contributed by atoms with Gasteiger partial charge in [0, 0.05) is 12.6 Å². The molecule has 3 rings (SSSR count). The number of ether oxygens (including phenoxy) is 2. The zero-order valence-corrected chi connectivity index (χ0v) is 23.7. The summed E-state index contributed by atoms with van der Waals surface area (Å²) in [5.74, 6) is -0.0498. The average Bonchev–Trinajstić information content (AvgIpc) is 3.24. The second-order valence-corrected chi connectivity index (χ2v) is 11.3. The van der Waals surface area contributed by atoms with Crippen LogP contribution in [0, 0.1) is 5.92 Å². The number of hydrogen-bond acceptors (Lipinski definition) is 10. The normalized spacial score (nSPS) is 23.3. The largest absolute Gasteiger partial charge is 0.464 e. The van der Waals surface area contributed by atoms with E-state index in [9.17, 15) is 19.3 Å². The first kappa shape index (κ1) is 30.8. The molecular formula is C26H39N4O8P. The lowest BCUT2D eigenvalue weighted by Crippen LogP contribution is -2.44. The Kier molecular flexibility index (Phi) is 10.7. The lowest BCUT2D eigenvalue weighted by atomic mass is 9.95. The van der Waals surface area contributed by atoms with Crippen LogP contribution in [0.25, 0.3) is 0 Å². The Labute approximate surface area is 228 Å². The molecule has 0 radical (unpaired) electrons. The molecule has 216 valence electrons. The van der Waals surface area contributed by atoms with Crippen LogP contribution < -0.4 is 21.0 Å². The molecule has 13 heteroatoms. The van der Waals surface area contributed by atoms with E-state index in [0.29, 0.717) is 0 Å². The third-order valence-corrected chi connectivity index (χ3v) is 8.56. The van der Waals surface area contributed by atoms with Crippen molar-refractivity contribution in [2.45, 2.75) is 77.4 Å². The van der Waals surface area contributed by atoms with Crippen LogP contribution >= 0.6 is 7.75 Å². The Morgan fingerprint density at radius 3 is 2.59 bits per heavy atom. The van der Waals surface area contributed by atoms with Crippen molar-refractivity contribution in [1.82, 2.24) is 14.6 Å². The van der Waals surface area contributed by atoms with Crippen molar-refractivity contribution in [2.24, 2.45) is 5.92 Å². The number of nitrogens with zero attached hydrogens (tertiary/aromatic N) is 2. The fourth-order valence-corrected chi connectivity index (χ4v) is 5.76. The Hall–Kier alpha value is -2.76. The summed E-state index contributed by atoms with van der Waals surface area (Å²) in [6.07, 6.45) is 1.60. The second-order valence-electron chi connectivity index (χ2n) is 9.62. The molecule has 1 fully saturated rings. The summed E-state index contributed by atoms with van der Waals surface area (Å²) in [7, 11) is -4.19. The van der Waals surface area contributed by atoms with Gasteiger partial charge >= 0.3 is 19.4 Å². The number of carbonyl (C=O) groups excluding carboxylic acids is 1. The smallest absolute Gasteiger partial charge is 0.459 e. The predicted molar refractivity (Wildman–Crippen MR) is 145 cm³/mol. The summed E-state index contributed by atoms with van der Waals surface area (Å²) in [5.41, 5.74) is 3.64. The topological polar surface area (TPSA) is 164 Å². The molecule has 0 amide bonds. The molecule has 1 saturated heterocycles. The fraction of sp³-hybridized carbons (Fsp3) is 0.577. The highest BCUT2D eigenvalue weighted by Crippen LogP contribution is 2.48. The predicted octanol–water partition coefficient (Wildman–Crippen LogP) is 3.42. The summed E-state index contributed by atoms with van der Waals surface area (Å²) in [6.45, 7) is 7.22. The number of rotatable bonds is 14. The van der Waals surface area contributed by atoms with E-state index in [4.69, 9.17) is 24.3 Å². The van der Waals surface area contributed by atoms with Gasteiger partial charge in [-0.1, -0.05) is 51.8 Å². The number of carbonyl (C=O) groups is 1. The number of aliphatic hydroxyl groups is 1. The zero-order chi connectivity index (χ0) is 28.6. The number of aliphatic hydroxyl groups excluding tert-OH is 1. The molecule has 39 heavy (non-hydrogen) atoms. The van der Waals surface area contributed by atoms with Crippen molar-refractivity contribution in [2.75, 3.05) is 18.9 Å². The number of hydrogen-bond donors (Lipinski definition) is 3. The molecule has 2 unspecified atom stereocenters. The number of esters is 1. The highest BCUT2D eigenvalue weighted by molar-refractivity contribution is 7.52. The molecule has 4 N–H and O–H groups in total. The monoisotopic (exact) mass is 566 g/mol. The summed E-state index contributed by atoms with van der Waals surface area (Å²) in [5, 5.41) is 13.6. The van der Waals surface area contributed by atoms with E-state index in [1.165, 1.54) is 23.8 Å². The van der Waals surface area contributed by atoms with Crippen LogP contribution in [0.15, 0.2) is 47.4 Å². The van der Waals surface area contributed by atoms with Crippen molar-refractivity contribution in [3.8, 4) is 5.75 Å². The van der Waals surface area contributed by atoms with E-state index in [1.54, 1.807) is 37.3 Å². The highest BCUT2D eigenvalue weighted by Gasteiger charge is 2.50. The van der Waals surface area contributed by atoms with Gasteiger partial charge in [0.2, 0.25) is 0 Å². The SMILES string of the molecule is CCC(CC)COC(=O)[C@H](C)NP(=O)(OC[C@@]1(CC)O[C@@H](n2ccc(N)nc2=O)CC1O)Oc1ccccc1. The standard InChI is InChI=1S/C26H39N4O8P/c1-5-19(6-2)16-35-24(32)18(4)29-39(34,38-20-11-9-8-10-12-20)36-17-26(7-3)21(31)15-23(37-26)30-14-13-22(27)28-25(30)33/h8-14,18-19,21,23,31H,5-7,15-17H2,1-4H3,(H,29,34)(H2,27,28,33)/t18-,21?,23+,26+,39?/m0/s1. The molecule has 1 aromatic carbocycles. The van der Waals surface area contributed by atoms with E-state index in [-0.39, 0.29) is 43.5 Å². The van der Waals surface area contributed by atoms with Crippen LogP contribution in [0.5, 0.6) is 5.75 Å². The van der Waals surface area contributed by atoms with Gasteiger partial charge in [0.15, 0.2) is 0 Å². The average molecular weight is 567 g/mol. The third-order valence-electron chi connectivity index (χ3n) is 6.93. The van der Waals surface area contributed by atoms with Gasteiger partial charge in [0.05, 0.1) is 19.3 Å². The maximum Gasteiger partial charge on any atom is 0.459 e. The summed E-state index contributed by atoms with van der Waals surface area (Å²) in [4.78, 5) is 28.7. The Bertz CT molecular complexity index is 1190.